The number of carbonyl (C=O) groups is 2. The monoisotopic (exact) mass is 500 g/mol. The number of aryl methyl sites for hydroxylation is 3. The normalized spacial score (nSPS) is 16.0. The molecule has 0 radical (unpaired) electrons. The summed E-state index contributed by atoms with van der Waals surface area (Å²) in [5.74, 6) is 0.614. The largest absolute Gasteiger partial charge is 0.299 e. The molecule has 4 nitrogen and oxygen atoms in total. The van der Waals surface area contributed by atoms with Crippen LogP contribution in [-0.4, -0.2) is 11.6 Å². The molecular weight excluding hydrogens is 460 g/mol. The summed E-state index contributed by atoms with van der Waals surface area (Å²) in [6.07, 6.45) is 6.11. The number of hydrogen-bond donors (Lipinski definition) is 0. The fourth-order valence-corrected chi connectivity index (χ4v) is 5.60. The first-order chi connectivity index (χ1) is 17.9. The SMILES string of the molecule is CC.CC.Cc1c(C2CCc3ccc(CCC(=O)Cc4ccc5c(c4)CC(=O)CC5)cc3C2)c(=O)c1=O. The van der Waals surface area contributed by atoms with Crippen molar-refractivity contribution in [3.63, 3.8) is 0 Å². The summed E-state index contributed by atoms with van der Waals surface area (Å²) < 4.78 is 0. The molecule has 5 rings (SSSR count). The maximum atomic E-state index is 12.7. The van der Waals surface area contributed by atoms with Crippen LogP contribution < -0.4 is 10.9 Å². The number of ketones is 2. The van der Waals surface area contributed by atoms with Gasteiger partial charge in [-0.25, -0.2) is 0 Å². The molecule has 4 heteroatoms. The van der Waals surface area contributed by atoms with Gasteiger partial charge >= 0.3 is 0 Å². The van der Waals surface area contributed by atoms with E-state index in [1.54, 1.807) is 6.92 Å². The Morgan fingerprint density at radius 3 is 2.14 bits per heavy atom. The fraction of sp³-hybridized carbons (Fsp3) is 0.455. The molecule has 0 amide bonds. The minimum absolute atomic E-state index is 0.135. The van der Waals surface area contributed by atoms with E-state index >= 15 is 0 Å². The number of fused-ring (bicyclic) bond motifs is 2. The van der Waals surface area contributed by atoms with Gasteiger partial charge in [0.2, 0.25) is 10.9 Å². The molecule has 0 aliphatic heterocycles. The molecule has 37 heavy (non-hydrogen) atoms. The molecule has 0 N–H and O–H groups in total. The van der Waals surface area contributed by atoms with Crippen molar-refractivity contribution in [3.8, 4) is 0 Å². The first-order valence-electron chi connectivity index (χ1n) is 13.9. The summed E-state index contributed by atoms with van der Waals surface area (Å²) in [7, 11) is 0. The van der Waals surface area contributed by atoms with Crippen molar-refractivity contribution in [3.05, 3.63) is 101 Å². The lowest BCUT2D eigenvalue weighted by Crippen LogP contribution is -2.40. The fourth-order valence-electron chi connectivity index (χ4n) is 5.60. The minimum Gasteiger partial charge on any atom is -0.299 e. The maximum Gasteiger partial charge on any atom is 0.229 e. The molecule has 2 aliphatic rings. The topological polar surface area (TPSA) is 68.3 Å². The van der Waals surface area contributed by atoms with Crippen LogP contribution in [0.3, 0.4) is 0 Å². The van der Waals surface area contributed by atoms with Gasteiger partial charge in [-0.3, -0.25) is 19.2 Å². The lowest BCUT2D eigenvalue weighted by atomic mass is 9.76. The van der Waals surface area contributed by atoms with Gasteiger partial charge < -0.3 is 0 Å². The van der Waals surface area contributed by atoms with Gasteiger partial charge in [0.05, 0.1) is 0 Å². The predicted octanol–water partition coefficient (Wildman–Crippen LogP) is 5.72. The van der Waals surface area contributed by atoms with E-state index in [1.807, 2.05) is 39.8 Å². The van der Waals surface area contributed by atoms with E-state index in [0.717, 1.165) is 47.9 Å². The van der Waals surface area contributed by atoms with Gasteiger partial charge in [-0.1, -0.05) is 64.1 Å². The van der Waals surface area contributed by atoms with Crippen LogP contribution in [0.4, 0.5) is 0 Å². The lowest BCUT2D eigenvalue weighted by Gasteiger charge is -2.27. The number of carbonyl (C=O) groups excluding carboxylic acids is 2. The van der Waals surface area contributed by atoms with Crippen LogP contribution in [0.2, 0.25) is 0 Å². The molecule has 0 spiro atoms. The highest BCUT2D eigenvalue weighted by molar-refractivity contribution is 5.84. The summed E-state index contributed by atoms with van der Waals surface area (Å²) in [5, 5.41) is 0. The smallest absolute Gasteiger partial charge is 0.229 e. The first-order valence-corrected chi connectivity index (χ1v) is 13.9. The standard InChI is InChI=1S/C29H28O4.2C2H6/c1-17-27(29(33)28(17)32)22-8-7-20-5-2-18(12-23(20)15-22)4-10-25(30)14-19-3-6-21-9-11-26(31)16-24(21)13-19;2*1-2/h2-3,5-6,12-13,22H,4,7-11,14-16H2,1H3;2*1-2H3. The molecule has 1 atom stereocenters. The lowest BCUT2D eigenvalue weighted by molar-refractivity contribution is -0.119. The van der Waals surface area contributed by atoms with Gasteiger partial charge in [-0.15, -0.1) is 0 Å². The molecule has 1 unspecified atom stereocenters. The molecule has 0 saturated carbocycles. The molecule has 0 aromatic heterocycles. The third-order valence-electron chi connectivity index (χ3n) is 7.53. The van der Waals surface area contributed by atoms with Gasteiger partial charge in [0.1, 0.15) is 11.6 Å². The van der Waals surface area contributed by atoms with E-state index in [9.17, 15) is 19.2 Å². The minimum atomic E-state index is -0.325. The summed E-state index contributed by atoms with van der Waals surface area (Å²) in [4.78, 5) is 48.0. The van der Waals surface area contributed by atoms with Crippen LogP contribution in [0, 0.1) is 6.92 Å². The number of Topliss-reactive ketones (excluding diaryl/α,β-unsaturated/α-hetero) is 2. The highest BCUT2D eigenvalue weighted by Gasteiger charge is 2.28. The zero-order valence-corrected chi connectivity index (χ0v) is 23.0. The van der Waals surface area contributed by atoms with Gasteiger partial charge in [0, 0.05) is 36.8 Å². The second kappa shape index (κ2) is 12.9. The number of rotatable bonds is 6. The van der Waals surface area contributed by atoms with E-state index in [-0.39, 0.29) is 28.3 Å². The Hall–Kier alpha value is -3.14. The Balaban J connectivity index is 0.000000907. The van der Waals surface area contributed by atoms with Crippen LogP contribution in [-0.2, 0) is 48.1 Å². The van der Waals surface area contributed by atoms with Crippen LogP contribution in [0.15, 0.2) is 46.0 Å². The maximum absolute atomic E-state index is 12.7. The van der Waals surface area contributed by atoms with Crippen molar-refractivity contribution in [1.82, 2.24) is 0 Å². The third-order valence-corrected chi connectivity index (χ3v) is 7.53. The third kappa shape index (κ3) is 6.41. The Bertz CT molecular complexity index is 1340. The van der Waals surface area contributed by atoms with E-state index in [4.69, 9.17) is 0 Å². The highest BCUT2D eigenvalue weighted by Crippen LogP contribution is 2.33. The Labute approximate surface area is 220 Å². The van der Waals surface area contributed by atoms with E-state index in [0.29, 0.717) is 37.7 Å². The number of hydrogen-bond acceptors (Lipinski definition) is 4. The average molecular weight is 501 g/mol. The molecule has 0 heterocycles. The molecule has 196 valence electrons. The molecule has 2 aliphatic carbocycles. The Kier molecular flexibility index (Phi) is 9.91. The van der Waals surface area contributed by atoms with Gasteiger partial charge in [-0.2, -0.15) is 0 Å². The average Bonchev–Trinajstić information content (AvgIpc) is 2.93. The van der Waals surface area contributed by atoms with Crippen LogP contribution in [0.1, 0.15) is 97.4 Å². The molecular formula is C33H40O4. The quantitative estimate of drug-likeness (QED) is 0.406. The van der Waals surface area contributed by atoms with Gasteiger partial charge in [0.25, 0.3) is 0 Å². The van der Waals surface area contributed by atoms with Crippen molar-refractivity contribution in [1.29, 1.82) is 0 Å². The Morgan fingerprint density at radius 2 is 1.43 bits per heavy atom. The molecule has 3 aromatic carbocycles. The second-order valence-electron chi connectivity index (χ2n) is 9.77. The highest BCUT2D eigenvalue weighted by atomic mass is 16.2. The van der Waals surface area contributed by atoms with Crippen molar-refractivity contribution in [2.75, 3.05) is 0 Å². The van der Waals surface area contributed by atoms with E-state index < -0.39 is 0 Å². The summed E-state index contributed by atoms with van der Waals surface area (Å²) in [6.45, 7) is 9.76. The second-order valence-corrected chi connectivity index (χ2v) is 9.77. The van der Waals surface area contributed by atoms with E-state index in [2.05, 4.69) is 24.3 Å². The van der Waals surface area contributed by atoms with Crippen molar-refractivity contribution < 1.29 is 9.59 Å². The summed E-state index contributed by atoms with van der Waals surface area (Å²) in [5.41, 5.74) is 7.74. The zero-order valence-electron chi connectivity index (χ0n) is 23.0. The first kappa shape index (κ1) is 28.4. The summed E-state index contributed by atoms with van der Waals surface area (Å²) >= 11 is 0. The van der Waals surface area contributed by atoms with Gasteiger partial charge in [0.15, 0.2) is 0 Å². The summed E-state index contributed by atoms with van der Waals surface area (Å²) in [6, 6.07) is 12.6. The van der Waals surface area contributed by atoms with Crippen LogP contribution >= 0.6 is 0 Å². The molecule has 0 fully saturated rings. The van der Waals surface area contributed by atoms with Crippen LogP contribution in [0.5, 0.6) is 0 Å². The van der Waals surface area contributed by atoms with Gasteiger partial charge in [-0.05, 0) is 78.3 Å². The van der Waals surface area contributed by atoms with Crippen molar-refractivity contribution in [2.45, 2.75) is 98.3 Å². The van der Waals surface area contributed by atoms with Crippen molar-refractivity contribution >= 4 is 11.6 Å². The molecule has 0 saturated heterocycles. The van der Waals surface area contributed by atoms with E-state index in [1.165, 1.54) is 16.7 Å². The molecule has 3 aromatic rings. The zero-order chi connectivity index (χ0) is 27.1. The molecule has 0 bridgehead atoms. The number of benzene rings is 2. The Morgan fingerprint density at radius 1 is 0.784 bits per heavy atom. The van der Waals surface area contributed by atoms with Crippen LogP contribution in [0.25, 0.3) is 0 Å². The predicted molar refractivity (Wildman–Crippen MR) is 151 cm³/mol. The van der Waals surface area contributed by atoms with Crippen molar-refractivity contribution in [2.24, 2.45) is 0 Å².